The predicted molar refractivity (Wildman–Crippen MR) is 228 cm³/mol. The van der Waals surface area contributed by atoms with Gasteiger partial charge in [0.05, 0.1) is 44.8 Å². The monoisotopic (exact) mass is 718 g/mol. The first kappa shape index (κ1) is 32.0. The smallest absolute Gasteiger partial charge is 0.235 e. The van der Waals surface area contributed by atoms with Crippen LogP contribution in [0.1, 0.15) is 18.0 Å². The van der Waals surface area contributed by atoms with Gasteiger partial charge in [-0.25, -0.2) is 19.9 Å². The lowest BCUT2D eigenvalue weighted by atomic mass is 9.96. The maximum Gasteiger partial charge on any atom is 0.235 e. The van der Waals surface area contributed by atoms with Gasteiger partial charge in [-0.05, 0) is 30.7 Å². The number of para-hydroxylation sites is 2. The van der Waals surface area contributed by atoms with Gasteiger partial charge < -0.3 is 0 Å². The molecule has 4 heterocycles. The molecule has 0 bridgehead atoms. The molecular formula is C50H34N6. The van der Waals surface area contributed by atoms with Crippen molar-refractivity contribution in [2.24, 2.45) is 0 Å². The van der Waals surface area contributed by atoms with Crippen molar-refractivity contribution in [3.8, 4) is 45.7 Å². The third-order valence-corrected chi connectivity index (χ3v) is 10.9. The highest BCUT2D eigenvalue weighted by atomic mass is 15.2. The molecule has 1 unspecified atom stereocenters. The van der Waals surface area contributed by atoms with Gasteiger partial charge in [0.1, 0.15) is 0 Å². The van der Waals surface area contributed by atoms with Crippen molar-refractivity contribution in [1.82, 2.24) is 29.1 Å². The molecule has 0 N–H and O–H groups in total. The van der Waals surface area contributed by atoms with Crippen molar-refractivity contribution in [3.05, 3.63) is 194 Å². The van der Waals surface area contributed by atoms with Gasteiger partial charge in [-0.1, -0.05) is 164 Å². The molecule has 0 radical (unpaired) electrons. The minimum atomic E-state index is 0.134. The molecule has 11 rings (SSSR count). The zero-order chi connectivity index (χ0) is 37.0. The molecule has 4 aromatic heterocycles. The first-order valence-electron chi connectivity index (χ1n) is 19.0. The fraction of sp³-hybridized carbons (Fsp3) is 0.0400. The van der Waals surface area contributed by atoms with E-state index < -0.39 is 0 Å². The fourth-order valence-electron chi connectivity index (χ4n) is 8.26. The van der Waals surface area contributed by atoms with E-state index in [1.54, 1.807) is 0 Å². The highest BCUT2D eigenvalue weighted by molar-refractivity contribution is 6.23. The summed E-state index contributed by atoms with van der Waals surface area (Å²) in [6, 6.07) is 57.0. The Labute approximate surface area is 323 Å². The Morgan fingerprint density at radius 3 is 1.34 bits per heavy atom. The molecule has 0 saturated carbocycles. The number of fused-ring (bicyclic) bond motifs is 7. The van der Waals surface area contributed by atoms with Crippen LogP contribution in [0.2, 0.25) is 0 Å². The molecule has 10 aromatic rings. The summed E-state index contributed by atoms with van der Waals surface area (Å²) in [7, 11) is 0. The molecule has 0 saturated heterocycles. The third-order valence-electron chi connectivity index (χ3n) is 10.9. The summed E-state index contributed by atoms with van der Waals surface area (Å²) in [6.45, 7) is 0. The maximum atomic E-state index is 5.42. The molecule has 1 atom stereocenters. The molecule has 1 aliphatic rings. The molecule has 264 valence electrons. The van der Waals surface area contributed by atoms with E-state index in [1.165, 1.54) is 0 Å². The van der Waals surface area contributed by atoms with Gasteiger partial charge in [0.15, 0.2) is 0 Å². The molecule has 0 amide bonds. The highest BCUT2D eigenvalue weighted by Crippen LogP contribution is 2.42. The maximum absolute atomic E-state index is 5.42. The van der Waals surface area contributed by atoms with Crippen LogP contribution >= 0.6 is 0 Å². The second kappa shape index (κ2) is 13.1. The minimum Gasteiger partial charge on any atom is -0.276 e. The predicted octanol–water partition coefficient (Wildman–Crippen LogP) is 12.1. The topological polar surface area (TPSA) is 61.4 Å². The van der Waals surface area contributed by atoms with Gasteiger partial charge in [0.25, 0.3) is 0 Å². The normalized spacial score (nSPS) is 14.0. The van der Waals surface area contributed by atoms with Gasteiger partial charge >= 0.3 is 0 Å². The third kappa shape index (κ3) is 5.26. The van der Waals surface area contributed by atoms with E-state index in [9.17, 15) is 0 Å². The standard InChI is InChI=1S/C50H34N6/c1-5-17-33(18-6-1)41-31-42(34-19-7-2-8-20-34)52-49(51-41)55-45-27-15-13-25-37(45)39-29-30-40-38-26-14-16-28-46(38)56(48(40)47(39)55)50-53-43(35-21-9-3-10-22-35)32-44(54-50)36-23-11-4-12-24-36/h1-23,25-32,36H,24H2. The van der Waals surface area contributed by atoms with E-state index in [0.717, 1.165) is 89.5 Å². The average molecular weight is 719 g/mol. The Bertz CT molecular complexity index is 3100. The number of allylic oxidation sites excluding steroid dienone is 4. The molecule has 0 fully saturated rings. The molecular weight excluding hydrogens is 685 g/mol. The number of aromatic nitrogens is 6. The summed E-state index contributed by atoms with van der Waals surface area (Å²) in [4.78, 5) is 21.5. The molecule has 1 aliphatic carbocycles. The molecule has 0 aliphatic heterocycles. The van der Waals surface area contributed by atoms with Crippen molar-refractivity contribution in [3.63, 3.8) is 0 Å². The van der Waals surface area contributed by atoms with E-state index in [1.807, 2.05) is 18.2 Å². The lowest BCUT2D eigenvalue weighted by molar-refractivity contribution is 0.797. The number of benzene rings is 6. The quantitative estimate of drug-likeness (QED) is 0.172. The number of rotatable bonds is 6. The summed E-state index contributed by atoms with van der Waals surface area (Å²) in [5.74, 6) is 1.36. The van der Waals surface area contributed by atoms with Crippen molar-refractivity contribution in [2.75, 3.05) is 0 Å². The Balaban J connectivity index is 1.28. The summed E-state index contributed by atoms with van der Waals surface area (Å²) in [5, 5.41) is 4.46. The lowest BCUT2D eigenvalue weighted by Crippen LogP contribution is -2.09. The van der Waals surface area contributed by atoms with Crippen LogP contribution in [0.15, 0.2) is 188 Å². The van der Waals surface area contributed by atoms with Gasteiger partial charge in [-0.3, -0.25) is 9.13 Å². The van der Waals surface area contributed by atoms with Crippen LogP contribution in [0.25, 0.3) is 89.3 Å². The van der Waals surface area contributed by atoms with E-state index in [2.05, 4.69) is 179 Å². The zero-order valence-electron chi connectivity index (χ0n) is 30.4. The number of hydrogen-bond acceptors (Lipinski definition) is 4. The molecule has 6 nitrogen and oxygen atoms in total. The van der Waals surface area contributed by atoms with Gasteiger partial charge in [-0.2, -0.15) is 0 Å². The van der Waals surface area contributed by atoms with E-state index in [-0.39, 0.29) is 5.92 Å². The van der Waals surface area contributed by atoms with Crippen LogP contribution < -0.4 is 0 Å². The van der Waals surface area contributed by atoms with Crippen molar-refractivity contribution in [2.45, 2.75) is 12.3 Å². The van der Waals surface area contributed by atoms with Crippen LogP contribution in [0.3, 0.4) is 0 Å². The van der Waals surface area contributed by atoms with Crippen LogP contribution in [-0.2, 0) is 0 Å². The Kier molecular flexibility index (Phi) is 7.52. The SMILES string of the molecule is C1=CCC(c2cc(-c3ccccc3)nc(-n3c4ccccc4c4ccc5c6ccccc6n(-c6nc(-c7ccccc7)cc(-c7ccccc7)n6)c5c43)n2)C=C1. The highest BCUT2D eigenvalue weighted by Gasteiger charge is 2.25. The first-order valence-corrected chi connectivity index (χ1v) is 19.0. The lowest BCUT2D eigenvalue weighted by Gasteiger charge is -2.17. The van der Waals surface area contributed by atoms with E-state index in [0.29, 0.717) is 11.9 Å². The summed E-state index contributed by atoms with van der Waals surface area (Å²) in [5.41, 5.74) is 10.7. The number of nitrogens with zero attached hydrogens (tertiary/aromatic N) is 6. The molecule has 6 aromatic carbocycles. The van der Waals surface area contributed by atoms with Crippen LogP contribution in [0, 0.1) is 0 Å². The average Bonchev–Trinajstić information content (AvgIpc) is 3.81. The molecule has 0 spiro atoms. The second-order valence-corrected chi connectivity index (χ2v) is 14.2. The largest absolute Gasteiger partial charge is 0.276 e. The van der Waals surface area contributed by atoms with Gasteiger partial charge in [0.2, 0.25) is 11.9 Å². The van der Waals surface area contributed by atoms with Crippen LogP contribution in [-0.4, -0.2) is 29.1 Å². The van der Waals surface area contributed by atoms with Crippen molar-refractivity contribution < 1.29 is 0 Å². The second-order valence-electron chi connectivity index (χ2n) is 14.2. The van der Waals surface area contributed by atoms with Crippen molar-refractivity contribution >= 4 is 43.6 Å². The minimum absolute atomic E-state index is 0.134. The first-order chi connectivity index (χ1) is 27.8. The van der Waals surface area contributed by atoms with E-state index >= 15 is 0 Å². The Hall–Kier alpha value is -7.44. The summed E-state index contributed by atoms with van der Waals surface area (Å²) >= 11 is 0. The van der Waals surface area contributed by atoms with Crippen LogP contribution in [0.5, 0.6) is 0 Å². The van der Waals surface area contributed by atoms with E-state index in [4.69, 9.17) is 19.9 Å². The van der Waals surface area contributed by atoms with Gasteiger partial charge in [-0.15, -0.1) is 0 Å². The Morgan fingerprint density at radius 2 is 0.857 bits per heavy atom. The van der Waals surface area contributed by atoms with Crippen molar-refractivity contribution in [1.29, 1.82) is 0 Å². The summed E-state index contributed by atoms with van der Waals surface area (Å²) in [6.07, 6.45) is 9.56. The molecule has 6 heteroatoms. The van der Waals surface area contributed by atoms with Gasteiger partial charge in [0, 0.05) is 44.2 Å². The zero-order valence-corrected chi connectivity index (χ0v) is 30.4. The van der Waals surface area contributed by atoms with Crippen LogP contribution in [0.4, 0.5) is 0 Å². The molecule has 56 heavy (non-hydrogen) atoms. The fourth-order valence-corrected chi connectivity index (χ4v) is 8.26. The number of hydrogen-bond donors (Lipinski definition) is 0. The Morgan fingerprint density at radius 1 is 0.411 bits per heavy atom. The summed E-state index contributed by atoms with van der Waals surface area (Å²) < 4.78 is 4.51.